The average molecular weight is 293 g/mol. The highest BCUT2D eigenvalue weighted by Crippen LogP contribution is 2.23. The summed E-state index contributed by atoms with van der Waals surface area (Å²) in [6, 6.07) is 22.3. The average Bonchev–Trinajstić information content (AvgIpc) is 3.11. The van der Waals surface area contributed by atoms with Crippen molar-refractivity contribution in [2.45, 2.75) is 12.6 Å². The quantitative estimate of drug-likeness (QED) is 0.741. The second kappa shape index (κ2) is 6.96. The van der Waals surface area contributed by atoms with Gasteiger partial charge in [0.05, 0.1) is 19.4 Å². The van der Waals surface area contributed by atoms with Crippen molar-refractivity contribution in [1.82, 2.24) is 5.32 Å². The van der Waals surface area contributed by atoms with Crippen LogP contribution in [0.25, 0.3) is 0 Å². The Morgan fingerprint density at radius 1 is 0.955 bits per heavy atom. The molecule has 3 heteroatoms. The second-order valence-electron chi connectivity index (χ2n) is 5.09. The van der Waals surface area contributed by atoms with Gasteiger partial charge in [-0.05, 0) is 35.4 Å². The molecule has 112 valence electrons. The Balaban J connectivity index is 1.76. The van der Waals surface area contributed by atoms with E-state index in [9.17, 15) is 0 Å². The van der Waals surface area contributed by atoms with Crippen LogP contribution in [0.2, 0.25) is 0 Å². The molecule has 0 saturated carbocycles. The van der Waals surface area contributed by atoms with Crippen LogP contribution in [0.15, 0.2) is 77.4 Å². The summed E-state index contributed by atoms with van der Waals surface area (Å²) in [6.07, 6.45) is 1.71. The van der Waals surface area contributed by atoms with E-state index in [1.165, 1.54) is 11.1 Å². The predicted octanol–water partition coefficient (Wildman–Crippen LogP) is 4.17. The van der Waals surface area contributed by atoms with Gasteiger partial charge in [-0.25, -0.2) is 0 Å². The van der Waals surface area contributed by atoms with E-state index in [4.69, 9.17) is 9.15 Å². The van der Waals surface area contributed by atoms with E-state index in [0.717, 1.165) is 18.1 Å². The Bertz CT molecular complexity index is 675. The van der Waals surface area contributed by atoms with E-state index >= 15 is 0 Å². The molecule has 3 rings (SSSR count). The Kier molecular flexibility index (Phi) is 4.56. The Hall–Kier alpha value is -2.52. The van der Waals surface area contributed by atoms with Gasteiger partial charge in [0.1, 0.15) is 11.5 Å². The molecule has 1 aromatic heterocycles. The van der Waals surface area contributed by atoms with E-state index in [2.05, 4.69) is 29.6 Å². The number of furan rings is 1. The maximum absolute atomic E-state index is 5.59. The van der Waals surface area contributed by atoms with Crippen molar-refractivity contribution in [3.8, 4) is 5.75 Å². The summed E-state index contributed by atoms with van der Waals surface area (Å²) in [5, 5.41) is 3.56. The number of rotatable bonds is 6. The Labute approximate surface area is 130 Å². The van der Waals surface area contributed by atoms with Gasteiger partial charge >= 0.3 is 0 Å². The van der Waals surface area contributed by atoms with Crippen LogP contribution in [0.3, 0.4) is 0 Å². The van der Waals surface area contributed by atoms with Crippen molar-refractivity contribution in [2.75, 3.05) is 7.11 Å². The third-order valence-electron chi connectivity index (χ3n) is 3.63. The zero-order valence-corrected chi connectivity index (χ0v) is 12.5. The van der Waals surface area contributed by atoms with Crippen LogP contribution in [0.1, 0.15) is 22.9 Å². The molecule has 2 aromatic carbocycles. The number of ether oxygens (including phenoxy) is 1. The lowest BCUT2D eigenvalue weighted by Gasteiger charge is -2.17. The molecule has 0 fully saturated rings. The fourth-order valence-electron chi connectivity index (χ4n) is 2.45. The van der Waals surface area contributed by atoms with Crippen LogP contribution >= 0.6 is 0 Å². The lowest BCUT2D eigenvalue weighted by molar-refractivity contribution is 0.414. The molecule has 0 saturated heterocycles. The zero-order chi connectivity index (χ0) is 15.2. The fraction of sp³-hybridized carbons (Fsp3) is 0.158. The Morgan fingerprint density at radius 2 is 1.73 bits per heavy atom. The van der Waals surface area contributed by atoms with E-state index in [-0.39, 0.29) is 6.04 Å². The second-order valence-corrected chi connectivity index (χ2v) is 5.09. The van der Waals surface area contributed by atoms with Gasteiger partial charge in [-0.2, -0.15) is 0 Å². The number of methoxy groups -OCH3 is 1. The third-order valence-corrected chi connectivity index (χ3v) is 3.63. The van der Waals surface area contributed by atoms with Gasteiger partial charge < -0.3 is 9.15 Å². The highest BCUT2D eigenvalue weighted by Gasteiger charge is 2.15. The number of nitrogens with one attached hydrogen (secondary N) is 1. The molecule has 1 heterocycles. The summed E-state index contributed by atoms with van der Waals surface area (Å²) in [5.74, 6) is 1.79. The maximum atomic E-state index is 5.59. The molecule has 0 spiro atoms. The van der Waals surface area contributed by atoms with Crippen LogP contribution in [-0.2, 0) is 6.54 Å². The molecule has 0 bridgehead atoms. The first-order chi connectivity index (χ1) is 10.9. The smallest absolute Gasteiger partial charge is 0.125 e. The first-order valence-electron chi connectivity index (χ1n) is 7.31. The minimum absolute atomic E-state index is 0.0401. The number of hydrogen-bond acceptors (Lipinski definition) is 3. The molecular formula is C19H19NO2. The van der Waals surface area contributed by atoms with Crippen LogP contribution in [0.4, 0.5) is 0 Å². The van der Waals surface area contributed by atoms with Gasteiger partial charge in [0.25, 0.3) is 0 Å². The molecule has 0 amide bonds. The highest BCUT2D eigenvalue weighted by atomic mass is 16.5. The molecule has 0 aliphatic carbocycles. The van der Waals surface area contributed by atoms with Crippen LogP contribution < -0.4 is 10.1 Å². The molecule has 22 heavy (non-hydrogen) atoms. The molecule has 1 unspecified atom stereocenters. The maximum Gasteiger partial charge on any atom is 0.125 e. The van der Waals surface area contributed by atoms with Gasteiger partial charge in [-0.3, -0.25) is 5.32 Å². The topological polar surface area (TPSA) is 34.4 Å². The SMILES string of the molecule is COc1ccc(CNC(c2ccccc2)c2ccco2)cc1. The normalized spacial score (nSPS) is 12.0. The van der Waals surface area contributed by atoms with E-state index < -0.39 is 0 Å². The zero-order valence-electron chi connectivity index (χ0n) is 12.5. The summed E-state index contributed by atoms with van der Waals surface area (Å²) < 4.78 is 10.8. The first kappa shape index (κ1) is 14.4. The summed E-state index contributed by atoms with van der Waals surface area (Å²) in [6.45, 7) is 0.754. The van der Waals surface area contributed by atoms with Gasteiger partial charge in [-0.1, -0.05) is 42.5 Å². The molecule has 0 radical (unpaired) electrons. The fourth-order valence-corrected chi connectivity index (χ4v) is 2.45. The molecule has 1 N–H and O–H groups in total. The van der Waals surface area contributed by atoms with Crippen molar-refractivity contribution in [3.63, 3.8) is 0 Å². The van der Waals surface area contributed by atoms with E-state index in [0.29, 0.717) is 0 Å². The molecular weight excluding hydrogens is 274 g/mol. The van der Waals surface area contributed by atoms with Gasteiger partial charge in [0.2, 0.25) is 0 Å². The summed E-state index contributed by atoms with van der Waals surface area (Å²) in [5.41, 5.74) is 2.39. The number of benzene rings is 2. The summed E-state index contributed by atoms with van der Waals surface area (Å²) >= 11 is 0. The van der Waals surface area contributed by atoms with E-state index in [1.54, 1.807) is 13.4 Å². The lowest BCUT2D eigenvalue weighted by Crippen LogP contribution is -2.21. The van der Waals surface area contributed by atoms with Crippen molar-refractivity contribution < 1.29 is 9.15 Å². The van der Waals surface area contributed by atoms with Crippen molar-refractivity contribution in [2.24, 2.45) is 0 Å². The van der Waals surface area contributed by atoms with Gasteiger partial charge in [0, 0.05) is 6.54 Å². The van der Waals surface area contributed by atoms with Gasteiger partial charge in [-0.15, -0.1) is 0 Å². The van der Waals surface area contributed by atoms with E-state index in [1.807, 2.05) is 42.5 Å². The molecule has 1 atom stereocenters. The lowest BCUT2D eigenvalue weighted by atomic mass is 10.0. The van der Waals surface area contributed by atoms with Gasteiger partial charge in [0.15, 0.2) is 0 Å². The van der Waals surface area contributed by atoms with Crippen molar-refractivity contribution >= 4 is 0 Å². The summed E-state index contributed by atoms with van der Waals surface area (Å²) in [4.78, 5) is 0. The van der Waals surface area contributed by atoms with Crippen LogP contribution in [-0.4, -0.2) is 7.11 Å². The highest BCUT2D eigenvalue weighted by molar-refractivity contribution is 5.29. The molecule has 3 nitrogen and oxygen atoms in total. The molecule has 0 aliphatic rings. The van der Waals surface area contributed by atoms with Crippen molar-refractivity contribution in [1.29, 1.82) is 0 Å². The molecule has 0 aliphatic heterocycles. The van der Waals surface area contributed by atoms with Crippen molar-refractivity contribution in [3.05, 3.63) is 89.9 Å². The van der Waals surface area contributed by atoms with Crippen LogP contribution in [0, 0.1) is 0 Å². The minimum Gasteiger partial charge on any atom is -0.497 e. The number of hydrogen-bond donors (Lipinski definition) is 1. The third kappa shape index (κ3) is 3.38. The summed E-state index contributed by atoms with van der Waals surface area (Å²) in [7, 11) is 1.68. The predicted molar refractivity (Wildman–Crippen MR) is 86.8 cm³/mol. The van der Waals surface area contributed by atoms with Crippen LogP contribution in [0.5, 0.6) is 5.75 Å². The molecule has 3 aromatic rings. The minimum atomic E-state index is 0.0401. The Morgan fingerprint density at radius 3 is 2.36 bits per heavy atom. The first-order valence-corrected chi connectivity index (χ1v) is 7.31. The monoisotopic (exact) mass is 293 g/mol. The standard InChI is InChI=1S/C19H19NO2/c1-21-17-11-9-15(10-12-17)14-20-19(18-8-5-13-22-18)16-6-3-2-4-7-16/h2-13,19-20H,14H2,1H3. The largest absolute Gasteiger partial charge is 0.497 e.